The van der Waals surface area contributed by atoms with Crippen molar-refractivity contribution >= 4 is 11.0 Å². The van der Waals surface area contributed by atoms with Gasteiger partial charge in [0.25, 0.3) is 0 Å². The molecule has 0 unspecified atom stereocenters. The summed E-state index contributed by atoms with van der Waals surface area (Å²) in [6, 6.07) is 6.31. The van der Waals surface area contributed by atoms with Crippen molar-refractivity contribution in [1.29, 1.82) is 0 Å². The number of hydrogen-bond acceptors (Lipinski definition) is 2. The Morgan fingerprint density at radius 3 is 3.14 bits per heavy atom. The van der Waals surface area contributed by atoms with Crippen molar-refractivity contribution in [3.05, 3.63) is 35.0 Å². The highest BCUT2D eigenvalue weighted by Crippen LogP contribution is 2.59. The van der Waals surface area contributed by atoms with Gasteiger partial charge in [-0.3, -0.25) is 5.10 Å². The number of fused-ring (bicyclic) bond motifs is 3. The minimum atomic E-state index is 0.530. The van der Waals surface area contributed by atoms with Crippen LogP contribution < -0.4 is 0 Å². The second-order valence-electron chi connectivity index (χ2n) is 7.07. The normalized spacial score (nSPS) is 26.7. The smallest absolute Gasteiger partial charge is 0.159 e. The SMILES string of the molecule is Cc1ccc2nc(-c3n[nH]c4c3C[C@@H]3C[C@]3(C)C4)[nH]c2c1. The average molecular weight is 278 g/mol. The van der Waals surface area contributed by atoms with Gasteiger partial charge in [-0.1, -0.05) is 13.0 Å². The Kier molecular flexibility index (Phi) is 1.96. The van der Waals surface area contributed by atoms with Gasteiger partial charge in [-0.15, -0.1) is 0 Å². The molecule has 106 valence electrons. The van der Waals surface area contributed by atoms with Crippen molar-refractivity contribution in [3.63, 3.8) is 0 Å². The molecule has 2 aliphatic carbocycles. The predicted molar refractivity (Wildman–Crippen MR) is 82.0 cm³/mol. The second kappa shape index (κ2) is 3.56. The van der Waals surface area contributed by atoms with Crippen LogP contribution in [0, 0.1) is 18.3 Å². The molecule has 0 aliphatic heterocycles. The quantitative estimate of drug-likeness (QED) is 0.717. The summed E-state index contributed by atoms with van der Waals surface area (Å²) in [5, 5.41) is 7.81. The second-order valence-corrected chi connectivity index (χ2v) is 7.07. The van der Waals surface area contributed by atoms with E-state index in [2.05, 4.69) is 47.2 Å². The van der Waals surface area contributed by atoms with E-state index in [1.165, 1.54) is 23.2 Å². The van der Waals surface area contributed by atoms with Crippen molar-refractivity contribution < 1.29 is 0 Å². The number of benzene rings is 1. The zero-order valence-electron chi connectivity index (χ0n) is 12.3. The van der Waals surface area contributed by atoms with Gasteiger partial charge in [0.2, 0.25) is 0 Å². The van der Waals surface area contributed by atoms with E-state index in [1.54, 1.807) is 0 Å². The van der Waals surface area contributed by atoms with Crippen molar-refractivity contribution in [1.82, 2.24) is 20.2 Å². The van der Waals surface area contributed by atoms with Crippen LogP contribution in [-0.2, 0) is 12.8 Å². The number of aromatic nitrogens is 4. The molecule has 3 aromatic rings. The van der Waals surface area contributed by atoms with Crippen LogP contribution in [0.3, 0.4) is 0 Å². The number of aromatic amines is 2. The maximum atomic E-state index is 4.72. The fraction of sp³-hybridized carbons (Fsp3) is 0.412. The Morgan fingerprint density at radius 1 is 1.33 bits per heavy atom. The molecular formula is C17H18N4. The molecule has 0 bridgehead atoms. The molecule has 2 aromatic heterocycles. The molecule has 2 aliphatic rings. The fourth-order valence-corrected chi connectivity index (χ4v) is 3.89. The van der Waals surface area contributed by atoms with Crippen LogP contribution in [0.5, 0.6) is 0 Å². The molecule has 0 saturated heterocycles. The van der Waals surface area contributed by atoms with E-state index in [1.807, 2.05) is 0 Å². The third-order valence-electron chi connectivity index (χ3n) is 5.38. The predicted octanol–water partition coefficient (Wildman–Crippen LogP) is 3.39. The van der Waals surface area contributed by atoms with E-state index in [0.29, 0.717) is 5.41 Å². The van der Waals surface area contributed by atoms with E-state index in [4.69, 9.17) is 4.98 Å². The summed E-state index contributed by atoms with van der Waals surface area (Å²) in [7, 11) is 0. The van der Waals surface area contributed by atoms with Crippen LogP contribution in [0.15, 0.2) is 18.2 Å². The maximum Gasteiger partial charge on any atom is 0.159 e. The van der Waals surface area contributed by atoms with Crippen LogP contribution in [-0.4, -0.2) is 20.2 Å². The van der Waals surface area contributed by atoms with Gasteiger partial charge >= 0.3 is 0 Å². The van der Waals surface area contributed by atoms with Gasteiger partial charge in [-0.05, 0) is 55.2 Å². The minimum Gasteiger partial charge on any atom is -0.337 e. The lowest BCUT2D eigenvalue weighted by atomic mass is 9.88. The highest BCUT2D eigenvalue weighted by Gasteiger charge is 2.53. The molecule has 4 heteroatoms. The van der Waals surface area contributed by atoms with Crippen LogP contribution in [0.2, 0.25) is 0 Å². The number of H-pyrrole nitrogens is 2. The monoisotopic (exact) mass is 278 g/mol. The number of hydrogen-bond donors (Lipinski definition) is 2. The lowest BCUT2D eigenvalue weighted by Gasteiger charge is -2.17. The number of imidazole rings is 1. The van der Waals surface area contributed by atoms with E-state index < -0.39 is 0 Å². The molecule has 2 N–H and O–H groups in total. The Bertz CT molecular complexity index is 872. The third-order valence-corrected chi connectivity index (χ3v) is 5.38. The molecule has 0 spiro atoms. The van der Waals surface area contributed by atoms with Gasteiger partial charge in [-0.25, -0.2) is 4.98 Å². The van der Waals surface area contributed by atoms with Crippen molar-refractivity contribution in [2.24, 2.45) is 11.3 Å². The van der Waals surface area contributed by atoms with Gasteiger partial charge in [0.05, 0.1) is 11.0 Å². The molecule has 2 heterocycles. The van der Waals surface area contributed by atoms with E-state index >= 15 is 0 Å². The molecule has 0 amide bonds. The standard InChI is InChI=1S/C17H18N4/c1-9-3-4-12-13(5-9)19-16(18-12)15-11-6-10-7-17(10,2)8-14(11)20-21-15/h3-5,10H,6-8H2,1-2H3,(H,18,19)(H,20,21)/t10-,17-/m1/s1. The van der Waals surface area contributed by atoms with E-state index in [9.17, 15) is 0 Å². The summed E-state index contributed by atoms with van der Waals surface area (Å²) in [4.78, 5) is 8.16. The summed E-state index contributed by atoms with van der Waals surface area (Å²) in [6.07, 6.45) is 3.64. The first kappa shape index (κ1) is 11.5. The summed E-state index contributed by atoms with van der Waals surface area (Å²) < 4.78 is 0. The summed E-state index contributed by atoms with van der Waals surface area (Å²) in [5.41, 5.74) is 7.60. The molecule has 1 fully saturated rings. The summed E-state index contributed by atoms with van der Waals surface area (Å²) in [6.45, 7) is 4.50. The van der Waals surface area contributed by atoms with E-state index in [-0.39, 0.29) is 0 Å². The third kappa shape index (κ3) is 1.56. The molecule has 1 saturated carbocycles. The van der Waals surface area contributed by atoms with Crippen molar-refractivity contribution in [2.75, 3.05) is 0 Å². The first-order valence-electron chi connectivity index (χ1n) is 7.65. The summed E-state index contributed by atoms with van der Waals surface area (Å²) in [5.74, 6) is 1.74. The number of nitrogens with one attached hydrogen (secondary N) is 2. The Balaban J connectivity index is 1.64. The van der Waals surface area contributed by atoms with E-state index in [0.717, 1.165) is 41.3 Å². The van der Waals surface area contributed by atoms with Crippen molar-refractivity contribution in [3.8, 4) is 11.5 Å². The van der Waals surface area contributed by atoms with Crippen molar-refractivity contribution in [2.45, 2.75) is 33.1 Å². The number of rotatable bonds is 1. The maximum absolute atomic E-state index is 4.72. The van der Waals surface area contributed by atoms with Gasteiger partial charge < -0.3 is 4.98 Å². The first-order chi connectivity index (χ1) is 10.1. The largest absolute Gasteiger partial charge is 0.337 e. The molecule has 1 aromatic carbocycles. The molecular weight excluding hydrogens is 260 g/mol. The molecule has 5 rings (SSSR count). The Hall–Kier alpha value is -2.10. The number of nitrogens with zero attached hydrogens (tertiary/aromatic N) is 2. The topological polar surface area (TPSA) is 57.4 Å². The highest BCUT2D eigenvalue weighted by atomic mass is 15.1. The highest BCUT2D eigenvalue weighted by molar-refractivity contribution is 5.80. The molecule has 0 radical (unpaired) electrons. The van der Waals surface area contributed by atoms with Crippen LogP contribution in [0.25, 0.3) is 22.6 Å². The Labute approximate surface area is 123 Å². The zero-order chi connectivity index (χ0) is 14.2. The van der Waals surface area contributed by atoms with Gasteiger partial charge in [0.1, 0.15) is 5.69 Å². The lowest BCUT2D eigenvalue weighted by Crippen LogP contribution is -2.13. The van der Waals surface area contributed by atoms with Crippen LogP contribution >= 0.6 is 0 Å². The minimum absolute atomic E-state index is 0.530. The molecule has 4 nitrogen and oxygen atoms in total. The zero-order valence-corrected chi connectivity index (χ0v) is 12.3. The fourth-order valence-electron chi connectivity index (χ4n) is 3.89. The average Bonchev–Trinajstić information content (AvgIpc) is 2.80. The first-order valence-corrected chi connectivity index (χ1v) is 7.65. The van der Waals surface area contributed by atoms with Gasteiger partial charge in [0, 0.05) is 11.3 Å². The Morgan fingerprint density at radius 2 is 2.24 bits per heavy atom. The number of aryl methyl sites for hydroxylation is 1. The van der Waals surface area contributed by atoms with Gasteiger partial charge in [0.15, 0.2) is 5.82 Å². The molecule has 2 atom stereocenters. The summed E-state index contributed by atoms with van der Waals surface area (Å²) >= 11 is 0. The van der Waals surface area contributed by atoms with Gasteiger partial charge in [-0.2, -0.15) is 5.10 Å². The lowest BCUT2D eigenvalue weighted by molar-refractivity contribution is 0.467. The molecule has 21 heavy (non-hydrogen) atoms. The van der Waals surface area contributed by atoms with Crippen LogP contribution in [0.4, 0.5) is 0 Å². The van der Waals surface area contributed by atoms with Crippen LogP contribution in [0.1, 0.15) is 30.2 Å².